The van der Waals surface area contributed by atoms with Crippen LogP contribution in [0.15, 0.2) is 12.1 Å². The summed E-state index contributed by atoms with van der Waals surface area (Å²) in [7, 11) is 0. The molecule has 1 aliphatic rings. The minimum absolute atomic E-state index is 0.0368. The van der Waals surface area contributed by atoms with Gasteiger partial charge in [0.25, 0.3) is 5.91 Å². The van der Waals surface area contributed by atoms with Crippen molar-refractivity contribution in [2.45, 2.75) is 37.7 Å². The third-order valence-electron chi connectivity index (χ3n) is 4.01. The molecule has 0 spiro atoms. The topological polar surface area (TPSA) is 79.8 Å². The van der Waals surface area contributed by atoms with Crippen LogP contribution in [0.1, 0.15) is 29.6 Å². The van der Waals surface area contributed by atoms with Gasteiger partial charge in [-0.25, -0.2) is 0 Å². The van der Waals surface area contributed by atoms with E-state index in [1.807, 2.05) is 0 Å². The Labute approximate surface area is 162 Å². The second kappa shape index (κ2) is 9.42. The zero-order chi connectivity index (χ0) is 21.7. The van der Waals surface area contributed by atoms with Gasteiger partial charge in [-0.1, -0.05) is 6.42 Å². The second-order valence-electron chi connectivity index (χ2n) is 6.48. The molecule has 0 aliphatic carbocycles. The number of nitrogens with one attached hydrogen (secondary N) is 2. The predicted molar refractivity (Wildman–Crippen MR) is 89.2 cm³/mol. The Kier molecular flexibility index (Phi) is 7.44. The van der Waals surface area contributed by atoms with E-state index in [1.54, 1.807) is 0 Å². The summed E-state index contributed by atoms with van der Waals surface area (Å²) >= 11 is 0. The molecular formula is C17H20F6N2O4. The lowest BCUT2D eigenvalue weighted by Gasteiger charge is -2.24. The number of benzene rings is 1. The Hall–Kier alpha value is -2.37. The molecule has 1 fully saturated rings. The highest BCUT2D eigenvalue weighted by Crippen LogP contribution is 2.35. The van der Waals surface area contributed by atoms with Crippen molar-refractivity contribution in [2.24, 2.45) is 0 Å². The van der Waals surface area contributed by atoms with Crippen molar-refractivity contribution < 1.29 is 45.7 Å². The van der Waals surface area contributed by atoms with Crippen LogP contribution in [0.25, 0.3) is 0 Å². The largest absolute Gasteiger partial charge is 0.504 e. The zero-order valence-electron chi connectivity index (χ0n) is 15.1. The van der Waals surface area contributed by atoms with E-state index in [1.165, 1.54) is 0 Å². The maximum atomic E-state index is 12.5. The van der Waals surface area contributed by atoms with Gasteiger partial charge in [-0.15, -0.1) is 0 Å². The van der Waals surface area contributed by atoms with Gasteiger partial charge in [-0.05, 0) is 19.4 Å². The molecule has 12 heteroatoms. The maximum Gasteiger partial charge on any atom is 0.422 e. The summed E-state index contributed by atoms with van der Waals surface area (Å²) in [4.78, 5) is 12.4. The first-order valence-corrected chi connectivity index (χ1v) is 8.72. The van der Waals surface area contributed by atoms with Gasteiger partial charge in [0.15, 0.2) is 24.7 Å². The molecule has 3 N–H and O–H groups in total. The summed E-state index contributed by atoms with van der Waals surface area (Å²) in [5, 5.41) is 15.4. The third-order valence-corrected chi connectivity index (χ3v) is 4.01. The maximum absolute atomic E-state index is 12.5. The number of piperidine rings is 1. The van der Waals surface area contributed by atoms with Crippen molar-refractivity contribution in [3.05, 3.63) is 17.7 Å². The van der Waals surface area contributed by atoms with Gasteiger partial charge in [0, 0.05) is 24.7 Å². The Morgan fingerprint density at radius 3 is 2.24 bits per heavy atom. The number of aromatic hydroxyl groups is 1. The number of carbonyl (C=O) groups excluding carboxylic acids is 1. The van der Waals surface area contributed by atoms with Crippen molar-refractivity contribution >= 4 is 5.91 Å². The molecule has 1 saturated heterocycles. The van der Waals surface area contributed by atoms with Gasteiger partial charge in [-0.2, -0.15) is 26.3 Å². The van der Waals surface area contributed by atoms with Crippen LogP contribution >= 0.6 is 0 Å². The van der Waals surface area contributed by atoms with Gasteiger partial charge in [-0.3, -0.25) is 4.79 Å². The number of hydrogen-bond donors (Lipinski definition) is 3. The van der Waals surface area contributed by atoms with Crippen LogP contribution < -0.4 is 20.1 Å². The standard InChI is InChI=1S/C17H20F6N2O4/c18-16(19,20)8-28-13-6-12(26)14(29-9-17(21,22)23)5-11(13)15(27)25-7-10-3-1-2-4-24-10/h5-6,10,24,26H,1-4,7-9H2,(H,25,27)/t10-/m0/s1. The number of rotatable bonds is 7. The lowest BCUT2D eigenvalue weighted by atomic mass is 10.0. The molecule has 1 heterocycles. The number of phenolic OH excluding ortho intramolecular Hbond substituents is 1. The first kappa shape index (κ1) is 22.9. The van der Waals surface area contributed by atoms with Crippen LogP contribution in [0.3, 0.4) is 0 Å². The number of carbonyl (C=O) groups is 1. The molecule has 0 unspecified atom stereocenters. The second-order valence-corrected chi connectivity index (χ2v) is 6.48. The number of phenols is 1. The summed E-state index contributed by atoms with van der Waals surface area (Å²) in [6.45, 7) is -2.58. The molecule has 0 radical (unpaired) electrons. The fraction of sp³-hybridized carbons (Fsp3) is 0.588. The van der Waals surface area contributed by atoms with Gasteiger partial charge < -0.3 is 25.2 Å². The molecule has 1 aromatic rings. The summed E-state index contributed by atoms with van der Waals surface area (Å²) in [6.07, 6.45) is -6.72. The number of hydrogen-bond acceptors (Lipinski definition) is 5. The quantitative estimate of drug-likeness (QED) is 0.580. The summed E-state index contributed by atoms with van der Waals surface area (Å²) < 4.78 is 83.4. The van der Waals surface area contributed by atoms with E-state index in [9.17, 15) is 36.2 Å². The van der Waals surface area contributed by atoms with E-state index in [0.29, 0.717) is 6.07 Å². The zero-order valence-corrected chi connectivity index (χ0v) is 15.1. The fourth-order valence-electron chi connectivity index (χ4n) is 2.69. The molecule has 1 atom stereocenters. The van der Waals surface area contributed by atoms with Crippen LogP contribution in [-0.2, 0) is 0 Å². The van der Waals surface area contributed by atoms with Gasteiger partial charge in [0.2, 0.25) is 0 Å². The minimum Gasteiger partial charge on any atom is -0.504 e. The highest BCUT2D eigenvalue weighted by Gasteiger charge is 2.31. The lowest BCUT2D eigenvalue weighted by molar-refractivity contribution is -0.154. The van der Waals surface area contributed by atoms with Crippen LogP contribution in [0.5, 0.6) is 17.2 Å². The van der Waals surface area contributed by atoms with E-state index in [2.05, 4.69) is 20.1 Å². The summed E-state index contributed by atoms with van der Waals surface area (Å²) in [5.74, 6) is -3.10. The molecule has 1 aromatic carbocycles. The molecule has 1 aliphatic heterocycles. The van der Waals surface area contributed by atoms with E-state index < -0.39 is 54.3 Å². The highest BCUT2D eigenvalue weighted by atomic mass is 19.4. The molecule has 164 valence electrons. The van der Waals surface area contributed by atoms with E-state index >= 15 is 0 Å². The Bertz CT molecular complexity index is 702. The van der Waals surface area contributed by atoms with E-state index in [0.717, 1.165) is 31.9 Å². The van der Waals surface area contributed by atoms with Crippen molar-refractivity contribution in [3.63, 3.8) is 0 Å². The third kappa shape index (κ3) is 7.87. The van der Waals surface area contributed by atoms with Crippen molar-refractivity contribution in [1.82, 2.24) is 10.6 Å². The van der Waals surface area contributed by atoms with Crippen molar-refractivity contribution in [2.75, 3.05) is 26.3 Å². The Morgan fingerprint density at radius 2 is 1.69 bits per heavy atom. The van der Waals surface area contributed by atoms with Gasteiger partial charge in [0.05, 0.1) is 5.56 Å². The van der Waals surface area contributed by atoms with Gasteiger partial charge in [0.1, 0.15) is 5.75 Å². The van der Waals surface area contributed by atoms with Crippen LogP contribution in [0.4, 0.5) is 26.3 Å². The van der Waals surface area contributed by atoms with Crippen LogP contribution in [0, 0.1) is 0 Å². The molecule has 0 bridgehead atoms. The molecule has 1 amide bonds. The normalized spacial score (nSPS) is 17.7. The van der Waals surface area contributed by atoms with Crippen molar-refractivity contribution in [1.29, 1.82) is 0 Å². The summed E-state index contributed by atoms with van der Waals surface area (Å²) in [6, 6.07) is 1.30. The monoisotopic (exact) mass is 430 g/mol. The molecular weight excluding hydrogens is 410 g/mol. The minimum atomic E-state index is -4.72. The fourth-order valence-corrected chi connectivity index (χ4v) is 2.69. The molecule has 2 rings (SSSR count). The molecule has 6 nitrogen and oxygen atoms in total. The first-order chi connectivity index (χ1) is 13.4. The van der Waals surface area contributed by atoms with Crippen LogP contribution in [0.2, 0.25) is 0 Å². The number of halogens is 6. The summed E-state index contributed by atoms with van der Waals surface area (Å²) in [5.41, 5.74) is -0.486. The van der Waals surface area contributed by atoms with Crippen LogP contribution in [-0.4, -0.2) is 55.7 Å². The van der Waals surface area contributed by atoms with E-state index in [-0.39, 0.29) is 12.6 Å². The highest BCUT2D eigenvalue weighted by molar-refractivity contribution is 5.97. The number of ether oxygens (including phenoxy) is 2. The first-order valence-electron chi connectivity index (χ1n) is 8.72. The SMILES string of the molecule is O=C(NC[C@@H]1CCCCN1)c1cc(OCC(F)(F)F)c(O)cc1OCC(F)(F)F. The molecule has 0 saturated carbocycles. The lowest BCUT2D eigenvalue weighted by Crippen LogP contribution is -2.43. The smallest absolute Gasteiger partial charge is 0.422 e. The molecule has 0 aromatic heterocycles. The Balaban J connectivity index is 2.19. The Morgan fingerprint density at radius 1 is 1.07 bits per heavy atom. The van der Waals surface area contributed by atoms with Crippen molar-refractivity contribution in [3.8, 4) is 17.2 Å². The van der Waals surface area contributed by atoms with Gasteiger partial charge >= 0.3 is 12.4 Å². The molecule has 29 heavy (non-hydrogen) atoms. The number of amides is 1. The van der Waals surface area contributed by atoms with E-state index in [4.69, 9.17) is 0 Å². The number of alkyl halides is 6. The predicted octanol–water partition coefficient (Wildman–Crippen LogP) is 3.15. The average molecular weight is 430 g/mol. The average Bonchev–Trinajstić information content (AvgIpc) is 2.63.